The number of aryl methyl sites for hydroxylation is 1. The van der Waals surface area contributed by atoms with Crippen molar-refractivity contribution in [1.29, 1.82) is 0 Å². The van der Waals surface area contributed by atoms with E-state index in [1.54, 1.807) is 31.1 Å². The Morgan fingerprint density at radius 1 is 1.10 bits per heavy atom. The fourth-order valence-electron chi connectivity index (χ4n) is 3.50. The molecule has 0 bridgehead atoms. The van der Waals surface area contributed by atoms with Crippen LogP contribution in [-0.2, 0) is 11.8 Å². The molecule has 0 atom stereocenters. The summed E-state index contributed by atoms with van der Waals surface area (Å²) in [6, 6.07) is 6.92. The van der Waals surface area contributed by atoms with Crippen molar-refractivity contribution in [2.45, 2.75) is 32.8 Å². The first kappa shape index (κ1) is 21.5. The van der Waals surface area contributed by atoms with E-state index in [-0.39, 0.29) is 17.8 Å². The Balaban J connectivity index is 1.85. The topological polar surface area (TPSA) is 96.0 Å². The normalized spacial score (nSPS) is 14.4. The minimum Gasteiger partial charge on any atom is -0.493 e. The lowest BCUT2D eigenvalue weighted by Gasteiger charge is -2.32. The van der Waals surface area contributed by atoms with Crippen molar-refractivity contribution >= 4 is 11.8 Å². The van der Waals surface area contributed by atoms with Gasteiger partial charge in [0.1, 0.15) is 17.6 Å². The summed E-state index contributed by atoms with van der Waals surface area (Å²) in [5.74, 6) is 1.16. The van der Waals surface area contributed by atoms with Gasteiger partial charge < -0.3 is 29.4 Å². The molecule has 0 unspecified atom stereocenters. The summed E-state index contributed by atoms with van der Waals surface area (Å²) in [4.78, 5) is 25.7. The second-order valence-corrected chi connectivity index (χ2v) is 7.19. The maximum Gasteiger partial charge on any atom is 0.409 e. The lowest BCUT2D eigenvalue weighted by atomic mass is 10.0. The third kappa shape index (κ3) is 4.87. The van der Waals surface area contributed by atoms with Crippen molar-refractivity contribution in [2.24, 2.45) is 7.05 Å². The Morgan fingerprint density at radius 2 is 1.83 bits per heavy atom. The number of nitrogens with zero attached hydrogens (tertiary/aromatic N) is 2. The molecule has 2 aromatic rings. The van der Waals surface area contributed by atoms with E-state index in [1.165, 1.54) is 10.6 Å². The molecule has 0 aliphatic carbocycles. The number of pyridine rings is 1. The van der Waals surface area contributed by atoms with Crippen molar-refractivity contribution in [3.63, 3.8) is 0 Å². The average molecular weight is 415 g/mol. The van der Waals surface area contributed by atoms with E-state index in [1.807, 2.05) is 19.1 Å². The van der Waals surface area contributed by atoms with Gasteiger partial charge in [0, 0.05) is 62.1 Å². The number of aromatic nitrogens is 1. The van der Waals surface area contributed by atoms with E-state index in [4.69, 9.17) is 19.9 Å². The van der Waals surface area contributed by atoms with Crippen LogP contribution in [-0.4, -0.2) is 48.0 Å². The zero-order valence-corrected chi connectivity index (χ0v) is 17.7. The molecule has 0 radical (unpaired) electrons. The number of anilines is 1. The predicted octanol–water partition coefficient (Wildman–Crippen LogP) is 3.03. The van der Waals surface area contributed by atoms with E-state index in [2.05, 4.69) is 0 Å². The lowest BCUT2D eigenvalue weighted by molar-refractivity contribution is 0.0705. The smallest absolute Gasteiger partial charge is 0.409 e. The number of carbonyl (C=O) groups is 1. The molecule has 2 N–H and O–H groups in total. The van der Waals surface area contributed by atoms with E-state index < -0.39 is 0 Å². The van der Waals surface area contributed by atoms with E-state index in [0.29, 0.717) is 56.3 Å². The zero-order chi connectivity index (χ0) is 21.7. The summed E-state index contributed by atoms with van der Waals surface area (Å²) in [5.41, 5.74) is 7.99. The van der Waals surface area contributed by atoms with Gasteiger partial charge >= 0.3 is 6.09 Å². The number of likely N-dealkylation sites (tertiary alicyclic amines) is 1. The highest BCUT2D eigenvalue weighted by molar-refractivity contribution is 5.78. The van der Waals surface area contributed by atoms with E-state index in [9.17, 15) is 9.59 Å². The van der Waals surface area contributed by atoms with Crippen molar-refractivity contribution in [2.75, 3.05) is 32.0 Å². The summed E-state index contributed by atoms with van der Waals surface area (Å²) >= 11 is 0. The molecule has 0 saturated carbocycles. The Bertz CT molecular complexity index is 948. The molecule has 1 aromatic heterocycles. The number of rotatable bonds is 6. The van der Waals surface area contributed by atoms with Gasteiger partial charge in [-0.25, -0.2) is 4.79 Å². The fraction of sp³-hybridized carbons (Fsp3) is 0.455. The molecule has 30 heavy (non-hydrogen) atoms. The van der Waals surface area contributed by atoms with Gasteiger partial charge in [0.25, 0.3) is 5.56 Å². The quantitative estimate of drug-likeness (QED) is 0.729. The second kappa shape index (κ2) is 9.56. The number of nitrogens with two attached hydrogens (primary N) is 1. The monoisotopic (exact) mass is 415 g/mol. The third-order valence-corrected chi connectivity index (χ3v) is 5.05. The highest BCUT2D eigenvalue weighted by atomic mass is 16.6. The van der Waals surface area contributed by atoms with Crippen LogP contribution in [0.15, 0.2) is 35.3 Å². The number of benzene rings is 1. The maximum atomic E-state index is 12.1. The number of piperidine rings is 1. The molecule has 1 aliphatic heterocycles. The van der Waals surface area contributed by atoms with Crippen molar-refractivity contribution in [1.82, 2.24) is 9.47 Å². The van der Waals surface area contributed by atoms with Crippen LogP contribution in [0.3, 0.4) is 0 Å². The van der Waals surface area contributed by atoms with Gasteiger partial charge in [0.2, 0.25) is 0 Å². The zero-order valence-electron chi connectivity index (χ0n) is 17.7. The third-order valence-electron chi connectivity index (χ3n) is 5.05. The van der Waals surface area contributed by atoms with Crippen LogP contribution in [0.2, 0.25) is 0 Å². The molecule has 8 heteroatoms. The maximum absolute atomic E-state index is 12.1. The highest BCUT2D eigenvalue weighted by Gasteiger charge is 2.26. The minimum atomic E-state index is -0.282. The van der Waals surface area contributed by atoms with Crippen molar-refractivity contribution in [3.8, 4) is 22.6 Å². The molecule has 2 heterocycles. The van der Waals surface area contributed by atoms with E-state index in [0.717, 1.165) is 11.1 Å². The molecule has 1 aromatic carbocycles. The molecule has 1 aliphatic rings. The molecule has 1 saturated heterocycles. The summed E-state index contributed by atoms with van der Waals surface area (Å²) in [6.45, 7) is 5.63. The number of hydrogen-bond acceptors (Lipinski definition) is 6. The molecule has 162 valence electrons. The molecule has 8 nitrogen and oxygen atoms in total. The molecular weight excluding hydrogens is 386 g/mol. The van der Waals surface area contributed by atoms with Gasteiger partial charge in [-0.1, -0.05) is 0 Å². The summed E-state index contributed by atoms with van der Waals surface area (Å²) in [6.07, 6.45) is 2.82. The second-order valence-electron chi connectivity index (χ2n) is 7.19. The number of nitrogen functional groups attached to an aromatic ring is 1. The molecule has 3 rings (SSSR count). The number of amides is 1. The van der Waals surface area contributed by atoms with Crippen LogP contribution in [0.25, 0.3) is 11.1 Å². The van der Waals surface area contributed by atoms with Crippen LogP contribution in [0.1, 0.15) is 26.7 Å². The number of hydrogen-bond donors (Lipinski definition) is 1. The van der Waals surface area contributed by atoms with Crippen molar-refractivity contribution in [3.05, 3.63) is 40.8 Å². The Morgan fingerprint density at radius 3 is 2.50 bits per heavy atom. The van der Waals surface area contributed by atoms with Crippen LogP contribution in [0.4, 0.5) is 10.5 Å². The van der Waals surface area contributed by atoms with Crippen LogP contribution < -0.4 is 20.8 Å². The van der Waals surface area contributed by atoms with Gasteiger partial charge in [0.05, 0.1) is 13.2 Å². The van der Waals surface area contributed by atoms with Crippen LogP contribution in [0.5, 0.6) is 11.5 Å². The fourth-order valence-corrected chi connectivity index (χ4v) is 3.50. The predicted molar refractivity (Wildman–Crippen MR) is 115 cm³/mol. The first-order valence-corrected chi connectivity index (χ1v) is 10.2. The van der Waals surface area contributed by atoms with Gasteiger partial charge in [-0.3, -0.25) is 4.79 Å². The first-order valence-electron chi connectivity index (χ1n) is 10.2. The Labute approximate surface area is 176 Å². The Kier molecular flexibility index (Phi) is 6.87. The number of ether oxygens (including phenoxy) is 3. The molecule has 1 amide bonds. The standard InChI is InChI=1S/C22H29N3O5/c1-4-28-20-13-21(26)24(3)14-18(20)17-12-15(23)6-7-19(17)30-16-8-10-25(11-9-16)22(27)29-5-2/h6-7,12-14,16H,4-5,8-11,23H2,1-3H3. The van der Waals surface area contributed by atoms with Gasteiger partial charge in [0.15, 0.2) is 0 Å². The SMILES string of the molecule is CCOC(=O)N1CCC(Oc2ccc(N)cc2-c2cn(C)c(=O)cc2OCC)CC1. The first-order chi connectivity index (χ1) is 14.4. The summed E-state index contributed by atoms with van der Waals surface area (Å²) in [5, 5.41) is 0. The molecule has 0 spiro atoms. The average Bonchev–Trinajstić information content (AvgIpc) is 2.73. The van der Waals surface area contributed by atoms with E-state index >= 15 is 0 Å². The van der Waals surface area contributed by atoms with Gasteiger partial charge in [-0.2, -0.15) is 0 Å². The highest BCUT2D eigenvalue weighted by Crippen LogP contribution is 2.38. The Hall–Kier alpha value is -3.16. The van der Waals surface area contributed by atoms with Crippen LogP contribution >= 0.6 is 0 Å². The van der Waals surface area contributed by atoms with Crippen LogP contribution in [0, 0.1) is 0 Å². The molecule has 1 fully saturated rings. The molecular formula is C22H29N3O5. The summed E-state index contributed by atoms with van der Waals surface area (Å²) in [7, 11) is 1.69. The lowest BCUT2D eigenvalue weighted by Crippen LogP contribution is -2.42. The van der Waals surface area contributed by atoms with Gasteiger partial charge in [-0.05, 0) is 32.0 Å². The minimum absolute atomic E-state index is 0.0406. The number of carbonyl (C=O) groups excluding carboxylic acids is 1. The van der Waals surface area contributed by atoms with Gasteiger partial charge in [-0.15, -0.1) is 0 Å². The van der Waals surface area contributed by atoms with Crippen molar-refractivity contribution < 1.29 is 19.0 Å². The summed E-state index contributed by atoms with van der Waals surface area (Å²) < 4.78 is 18.6. The largest absolute Gasteiger partial charge is 0.493 e.